The molecule has 1 atom stereocenters. The number of carbonyl (C=O) groups excluding carboxylic acids is 2. The second-order valence-electron chi connectivity index (χ2n) is 10.2. The van der Waals surface area contributed by atoms with Crippen molar-refractivity contribution < 1.29 is 24.2 Å². The predicted molar refractivity (Wildman–Crippen MR) is 147 cm³/mol. The van der Waals surface area contributed by atoms with Crippen molar-refractivity contribution in [2.24, 2.45) is 0 Å². The molecule has 1 amide bonds. The van der Waals surface area contributed by atoms with E-state index in [-0.39, 0.29) is 19.0 Å². The number of benzene rings is 3. The maximum Gasteiger partial charge on any atom is 0.338 e. The number of rotatable bonds is 7. The van der Waals surface area contributed by atoms with Gasteiger partial charge < -0.3 is 24.8 Å². The summed E-state index contributed by atoms with van der Waals surface area (Å²) in [6, 6.07) is 20.0. The van der Waals surface area contributed by atoms with E-state index >= 15 is 0 Å². The third-order valence-corrected chi connectivity index (χ3v) is 6.66. The Hall–Kier alpha value is -4.28. The molecule has 7 nitrogen and oxygen atoms in total. The summed E-state index contributed by atoms with van der Waals surface area (Å²) in [6.45, 7) is 4.05. The smallest absolute Gasteiger partial charge is 0.338 e. The fourth-order valence-corrected chi connectivity index (χ4v) is 4.43. The van der Waals surface area contributed by atoms with Gasteiger partial charge in [0.25, 0.3) is 5.91 Å². The van der Waals surface area contributed by atoms with Gasteiger partial charge in [0, 0.05) is 43.0 Å². The van der Waals surface area contributed by atoms with Crippen LogP contribution in [0.1, 0.15) is 47.3 Å². The lowest BCUT2D eigenvalue weighted by molar-refractivity contribution is -0.130. The van der Waals surface area contributed by atoms with Gasteiger partial charge in [-0.1, -0.05) is 37.8 Å². The van der Waals surface area contributed by atoms with Crippen LogP contribution >= 0.6 is 0 Å². The average Bonchev–Trinajstić information content (AvgIpc) is 3.27. The van der Waals surface area contributed by atoms with Crippen LogP contribution in [0.25, 0.3) is 0 Å². The minimum atomic E-state index is -2.03. The summed E-state index contributed by atoms with van der Waals surface area (Å²) in [5.74, 6) is 5.50. The molecule has 1 heterocycles. The molecule has 2 N–H and O–H groups in total. The number of esters is 1. The first-order valence-electron chi connectivity index (χ1n) is 12.3. The van der Waals surface area contributed by atoms with Gasteiger partial charge in [-0.2, -0.15) is 0 Å². The fourth-order valence-electron chi connectivity index (χ4n) is 4.43. The van der Waals surface area contributed by atoms with Gasteiger partial charge in [0.15, 0.2) is 0 Å². The lowest BCUT2D eigenvalue weighted by atomic mass is 9.75. The number of methoxy groups -OCH3 is 1. The Morgan fingerprint density at radius 1 is 1.11 bits per heavy atom. The summed E-state index contributed by atoms with van der Waals surface area (Å²) in [5.41, 5.74) is 1.52. The number of aliphatic hydroxyl groups is 1. The van der Waals surface area contributed by atoms with E-state index in [1.54, 1.807) is 25.3 Å². The monoisotopic (exact) mass is 512 g/mol. The van der Waals surface area contributed by atoms with Gasteiger partial charge in [0.2, 0.25) is 5.60 Å². The van der Waals surface area contributed by atoms with E-state index in [1.807, 2.05) is 81.4 Å². The Kier molecular flexibility index (Phi) is 7.47. The molecule has 0 radical (unpaired) electrons. The lowest BCUT2D eigenvalue weighted by Crippen LogP contribution is -2.46. The number of hydrogen-bond acceptors (Lipinski definition) is 6. The Morgan fingerprint density at radius 2 is 1.84 bits per heavy atom. The van der Waals surface area contributed by atoms with Gasteiger partial charge in [-0.05, 0) is 65.6 Å². The Labute approximate surface area is 223 Å². The molecule has 0 aromatic heterocycles. The first-order chi connectivity index (χ1) is 18.0. The van der Waals surface area contributed by atoms with Gasteiger partial charge in [0.1, 0.15) is 12.4 Å². The third kappa shape index (κ3) is 5.82. The fraction of sp³-hybridized carbons (Fsp3) is 0.290. The Balaban J connectivity index is 1.67. The molecule has 38 heavy (non-hydrogen) atoms. The molecular formula is C31H32N2O5. The second kappa shape index (κ2) is 10.6. The third-order valence-electron chi connectivity index (χ3n) is 6.66. The van der Waals surface area contributed by atoms with Gasteiger partial charge in [-0.3, -0.25) is 4.79 Å². The minimum absolute atomic E-state index is 0.0221. The highest BCUT2D eigenvalue weighted by molar-refractivity contribution is 6.01. The zero-order valence-corrected chi connectivity index (χ0v) is 22.3. The summed E-state index contributed by atoms with van der Waals surface area (Å²) < 4.78 is 10.4. The van der Waals surface area contributed by atoms with Crippen LogP contribution < -0.4 is 15.0 Å². The quantitative estimate of drug-likeness (QED) is 0.358. The van der Waals surface area contributed by atoms with E-state index in [0.717, 1.165) is 11.3 Å². The number of amides is 1. The number of carbonyl (C=O) groups is 2. The van der Waals surface area contributed by atoms with Crippen molar-refractivity contribution in [1.82, 2.24) is 0 Å². The van der Waals surface area contributed by atoms with E-state index in [2.05, 4.69) is 17.2 Å². The zero-order chi connectivity index (χ0) is 27.5. The van der Waals surface area contributed by atoms with Crippen LogP contribution in [0.5, 0.6) is 5.75 Å². The molecule has 0 aliphatic carbocycles. The number of fused-ring (bicyclic) bond motifs is 1. The van der Waals surface area contributed by atoms with Gasteiger partial charge in [-0.25, -0.2) is 4.79 Å². The summed E-state index contributed by atoms with van der Waals surface area (Å²) in [4.78, 5) is 27.4. The summed E-state index contributed by atoms with van der Waals surface area (Å²) >= 11 is 0. The number of nitrogens with one attached hydrogen (secondary N) is 1. The van der Waals surface area contributed by atoms with Crippen molar-refractivity contribution >= 4 is 23.3 Å². The van der Waals surface area contributed by atoms with E-state index < -0.39 is 16.9 Å². The number of cyclic esters (lactones) is 1. The molecule has 0 spiro atoms. The van der Waals surface area contributed by atoms with Crippen LogP contribution in [0.3, 0.4) is 0 Å². The highest BCUT2D eigenvalue weighted by atomic mass is 16.5. The number of nitrogens with zero attached hydrogens (tertiary/aromatic N) is 1. The van der Waals surface area contributed by atoms with Crippen LogP contribution in [-0.4, -0.2) is 43.8 Å². The summed E-state index contributed by atoms with van der Waals surface area (Å²) in [6.07, 6.45) is 0.0221. The maximum absolute atomic E-state index is 13.6. The van der Waals surface area contributed by atoms with Crippen LogP contribution in [0.2, 0.25) is 0 Å². The van der Waals surface area contributed by atoms with E-state index in [4.69, 9.17) is 9.47 Å². The molecule has 0 saturated heterocycles. The molecular weight excluding hydrogens is 480 g/mol. The van der Waals surface area contributed by atoms with Crippen LogP contribution in [0.4, 0.5) is 11.4 Å². The van der Waals surface area contributed by atoms with Gasteiger partial charge in [0.05, 0.1) is 12.7 Å². The minimum Gasteiger partial charge on any atom is -0.497 e. The molecule has 1 unspecified atom stereocenters. The lowest BCUT2D eigenvalue weighted by Gasteiger charge is -2.33. The first kappa shape index (κ1) is 26.8. The van der Waals surface area contributed by atoms with Crippen LogP contribution in [-0.2, 0) is 21.6 Å². The topological polar surface area (TPSA) is 88.1 Å². The van der Waals surface area contributed by atoms with Gasteiger partial charge in [-0.15, -0.1) is 0 Å². The van der Waals surface area contributed by atoms with Crippen molar-refractivity contribution in [2.75, 3.05) is 31.4 Å². The molecule has 3 aromatic rings. The van der Waals surface area contributed by atoms with Crippen molar-refractivity contribution in [3.8, 4) is 17.6 Å². The van der Waals surface area contributed by atoms with Crippen LogP contribution in [0, 0.1) is 11.8 Å². The number of hydrogen-bond donors (Lipinski definition) is 2. The molecule has 1 aliphatic heterocycles. The second-order valence-corrected chi connectivity index (χ2v) is 10.2. The molecule has 0 fully saturated rings. The molecule has 3 aromatic carbocycles. The summed E-state index contributed by atoms with van der Waals surface area (Å²) in [5, 5.41) is 14.6. The highest BCUT2D eigenvalue weighted by Gasteiger charge is 2.41. The van der Waals surface area contributed by atoms with Crippen molar-refractivity contribution in [3.63, 3.8) is 0 Å². The SMILES string of the molecule is COc1cccc(C(C)(C)CC(O)(C#Cc2ccc(N(C)C)cc2)C(=O)Nc2ccc3c(c2)COC3=O)c1. The van der Waals surface area contributed by atoms with E-state index in [0.29, 0.717) is 28.1 Å². The Morgan fingerprint density at radius 3 is 2.53 bits per heavy atom. The number of anilines is 2. The summed E-state index contributed by atoms with van der Waals surface area (Å²) in [7, 11) is 5.50. The molecule has 0 saturated carbocycles. The first-order valence-corrected chi connectivity index (χ1v) is 12.3. The van der Waals surface area contributed by atoms with Gasteiger partial charge >= 0.3 is 5.97 Å². The predicted octanol–water partition coefficient (Wildman–Crippen LogP) is 4.52. The maximum atomic E-state index is 13.6. The van der Waals surface area contributed by atoms with E-state index in [1.165, 1.54) is 0 Å². The zero-order valence-electron chi connectivity index (χ0n) is 22.3. The van der Waals surface area contributed by atoms with Crippen molar-refractivity contribution in [3.05, 3.63) is 89.0 Å². The van der Waals surface area contributed by atoms with E-state index in [9.17, 15) is 14.7 Å². The largest absolute Gasteiger partial charge is 0.497 e. The van der Waals surface area contributed by atoms with Crippen molar-refractivity contribution in [1.29, 1.82) is 0 Å². The molecule has 196 valence electrons. The number of ether oxygens (including phenoxy) is 2. The van der Waals surface area contributed by atoms with Crippen molar-refractivity contribution in [2.45, 2.75) is 37.9 Å². The molecule has 7 heteroatoms. The van der Waals surface area contributed by atoms with Crippen LogP contribution in [0.15, 0.2) is 66.7 Å². The standard InChI is InChI=1S/C31H32N2O5/c1-30(2,23-7-6-8-26(18-23)37-5)20-31(36,16-15-21-9-12-25(13-10-21)33(3)4)29(35)32-24-11-14-27-22(17-24)19-38-28(27)34/h6-14,17-18,36H,19-20H2,1-5H3,(H,32,35). The normalized spacial score (nSPS) is 13.9. The molecule has 0 bridgehead atoms. The molecule has 1 aliphatic rings. The molecule has 4 rings (SSSR count). The highest BCUT2D eigenvalue weighted by Crippen LogP contribution is 2.35. The Bertz CT molecular complexity index is 1420. The average molecular weight is 513 g/mol.